The predicted octanol–water partition coefficient (Wildman–Crippen LogP) is 5.11. The van der Waals surface area contributed by atoms with Gasteiger partial charge in [-0.3, -0.25) is 14.4 Å². The van der Waals surface area contributed by atoms with Crippen LogP contribution >= 0.6 is 11.6 Å². The van der Waals surface area contributed by atoms with Gasteiger partial charge in [0.1, 0.15) is 16.9 Å². The molecule has 214 valence electrons. The second kappa shape index (κ2) is 10.4. The van der Waals surface area contributed by atoms with Gasteiger partial charge in [0.2, 0.25) is 5.82 Å². The Kier molecular flexibility index (Phi) is 7.11. The quantitative estimate of drug-likeness (QED) is 0.0843. The van der Waals surface area contributed by atoms with Crippen molar-refractivity contribution in [3.8, 4) is 23.0 Å². The van der Waals surface area contributed by atoms with Gasteiger partial charge < -0.3 is 29.7 Å². The molecule has 5 rings (SSSR count). The highest BCUT2D eigenvalue weighted by Gasteiger charge is 2.36. The van der Waals surface area contributed by atoms with Crippen LogP contribution in [-0.4, -0.2) is 58.9 Å². The largest absolute Gasteiger partial charge is 0.507 e. The molecule has 15 heteroatoms. The Bertz CT molecular complexity index is 1620. The van der Waals surface area contributed by atoms with Crippen molar-refractivity contribution in [1.29, 1.82) is 0 Å². The van der Waals surface area contributed by atoms with Crippen LogP contribution < -0.4 is 14.8 Å². The number of hydrogen-bond donors (Lipinski definition) is 2. The van der Waals surface area contributed by atoms with Crippen LogP contribution in [0.4, 0.5) is 33.3 Å². The summed E-state index contributed by atoms with van der Waals surface area (Å²) < 4.78 is 79.8. The number of phenolic OH excluding ortho intramolecular Hbond substituents is 1. The minimum Gasteiger partial charge on any atom is -0.507 e. The average molecular weight is 598 g/mol. The molecule has 0 radical (unpaired) electrons. The van der Waals surface area contributed by atoms with Crippen molar-refractivity contribution in [2.75, 3.05) is 31.5 Å². The fraction of sp³-hybridized carbons (Fsp3) is 0.192. The number of fused-ring (bicyclic) bond motifs is 2. The molecule has 1 fully saturated rings. The number of rotatable bonds is 3. The molecule has 0 unspecified atom stereocenters. The van der Waals surface area contributed by atoms with E-state index >= 15 is 0 Å². The minimum atomic E-state index is -2.39. The van der Waals surface area contributed by atoms with Gasteiger partial charge in [0.05, 0.1) is 16.4 Å². The molecule has 0 saturated carbocycles. The van der Waals surface area contributed by atoms with Crippen LogP contribution in [0.5, 0.6) is 23.0 Å². The zero-order valence-electron chi connectivity index (χ0n) is 20.8. The number of aromatic hydroxyl groups is 1. The number of nitrogens with zero attached hydrogens (tertiary/aromatic N) is 2. The van der Waals surface area contributed by atoms with Gasteiger partial charge in [0.25, 0.3) is 11.8 Å². The van der Waals surface area contributed by atoms with Gasteiger partial charge in [-0.15, -0.1) is 0 Å². The molecular formula is C26H17ClF5N3O6. The van der Waals surface area contributed by atoms with Crippen LogP contribution in [0.2, 0.25) is 5.02 Å². The van der Waals surface area contributed by atoms with Crippen molar-refractivity contribution >= 4 is 40.8 Å². The average Bonchev–Trinajstić information content (AvgIpc) is 2.94. The molecule has 0 bridgehead atoms. The number of halogens is 6. The summed E-state index contributed by atoms with van der Waals surface area (Å²) in [5.41, 5.74) is -1.19. The standard InChI is InChI=1S/C26H17ClF5N3O6/c1-10(36)40-15-9-16-13(8-11(15)27)33-12-2-3-14(37)17(24(12)41-16)25(38)34-4-6-35(7-5-34)26(39)18-19(28)21(30)23(32)22(31)20(18)29/h2-3,8-9,33,37H,4-7H2,1H3. The van der Waals surface area contributed by atoms with Gasteiger partial charge in [-0.2, -0.15) is 0 Å². The first-order valence-electron chi connectivity index (χ1n) is 11.8. The van der Waals surface area contributed by atoms with Crippen LogP contribution in [0.15, 0.2) is 24.3 Å². The number of carbonyl (C=O) groups is 3. The second-order valence-electron chi connectivity index (χ2n) is 8.97. The molecule has 2 aliphatic rings. The Balaban J connectivity index is 1.37. The topological polar surface area (TPSA) is 108 Å². The van der Waals surface area contributed by atoms with Gasteiger partial charge in [-0.25, -0.2) is 22.0 Å². The molecular weight excluding hydrogens is 581 g/mol. The lowest BCUT2D eigenvalue weighted by Crippen LogP contribution is -2.51. The smallest absolute Gasteiger partial charge is 0.308 e. The molecule has 0 aromatic heterocycles. The lowest BCUT2D eigenvalue weighted by molar-refractivity contribution is -0.131. The van der Waals surface area contributed by atoms with E-state index in [1.165, 1.54) is 36.1 Å². The van der Waals surface area contributed by atoms with Gasteiger partial charge >= 0.3 is 5.97 Å². The molecule has 2 aliphatic heterocycles. The third-order valence-electron chi connectivity index (χ3n) is 6.40. The monoisotopic (exact) mass is 597 g/mol. The summed E-state index contributed by atoms with van der Waals surface area (Å²) in [5, 5.41) is 13.7. The van der Waals surface area contributed by atoms with Crippen molar-refractivity contribution in [2.24, 2.45) is 0 Å². The Hall–Kier alpha value is -4.59. The van der Waals surface area contributed by atoms with Crippen LogP contribution in [-0.2, 0) is 4.79 Å². The molecule has 2 heterocycles. The highest BCUT2D eigenvalue weighted by Crippen LogP contribution is 2.49. The van der Waals surface area contributed by atoms with E-state index in [1.807, 2.05) is 0 Å². The summed E-state index contributed by atoms with van der Waals surface area (Å²) in [6.07, 6.45) is 0. The Morgan fingerprint density at radius 3 is 1.95 bits per heavy atom. The van der Waals surface area contributed by atoms with Crippen molar-refractivity contribution in [3.63, 3.8) is 0 Å². The summed E-state index contributed by atoms with van der Waals surface area (Å²) >= 11 is 6.16. The Morgan fingerprint density at radius 1 is 0.854 bits per heavy atom. The Morgan fingerprint density at radius 2 is 1.39 bits per heavy atom. The molecule has 3 aromatic rings. The number of piperazine rings is 1. The molecule has 0 spiro atoms. The number of phenols is 1. The molecule has 0 aliphatic carbocycles. The summed E-state index contributed by atoms with van der Waals surface area (Å²) in [6, 6.07) is 5.44. The molecule has 9 nitrogen and oxygen atoms in total. The maximum Gasteiger partial charge on any atom is 0.308 e. The summed E-state index contributed by atoms with van der Waals surface area (Å²) in [6.45, 7) is 0.131. The number of amides is 2. The van der Waals surface area contributed by atoms with Gasteiger partial charge in [-0.1, -0.05) is 11.6 Å². The van der Waals surface area contributed by atoms with Crippen LogP contribution in [0.25, 0.3) is 0 Å². The number of ether oxygens (including phenoxy) is 2. The molecule has 2 N–H and O–H groups in total. The van der Waals surface area contributed by atoms with Crippen LogP contribution in [0, 0.1) is 29.1 Å². The summed E-state index contributed by atoms with van der Waals surface area (Å²) in [7, 11) is 0. The van der Waals surface area contributed by atoms with E-state index in [9.17, 15) is 41.4 Å². The molecule has 2 amide bonds. The normalized spacial score (nSPS) is 14.0. The molecule has 41 heavy (non-hydrogen) atoms. The first kappa shape index (κ1) is 28.0. The van der Waals surface area contributed by atoms with E-state index in [1.54, 1.807) is 0 Å². The number of esters is 1. The fourth-order valence-electron chi connectivity index (χ4n) is 4.41. The van der Waals surface area contributed by atoms with Gasteiger partial charge in [0.15, 0.2) is 40.5 Å². The summed E-state index contributed by atoms with van der Waals surface area (Å²) in [5.74, 6) is -14.6. The predicted molar refractivity (Wildman–Crippen MR) is 132 cm³/mol. The Labute approximate surface area is 232 Å². The van der Waals surface area contributed by atoms with E-state index in [0.29, 0.717) is 5.69 Å². The molecule has 3 aromatic carbocycles. The zero-order valence-corrected chi connectivity index (χ0v) is 21.5. The number of hydrogen-bond acceptors (Lipinski definition) is 7. The lowest BCUT2D eigenvalue weighted by atomic mass is 10.1. The van der Waals surface area contributed by atoms with Gasteiger partial charge in [0, 0.05) is 39.2 Å². The number of carbonyl (C=O) groups excluding carboxylic acids is 3. The highest BCUT2D eigenvalue weighted by molar-refractivity contribution is 6.32. The molecule has 0 atom stereocenters. The van der Waals surface area contributed by atoms with E-state index < -0.39 is 58.2 Å². The number of benzene rings is 3. The van der Waals surface area contributed by atoms with E-state index in [-0.39, 0.29) is 59.7 Å². The van der Waals surface area contributed by atoms with Crippen LogP contribution in [0.3, 0.4) is 0 Å². The first-order chi connectivity index (χ1) is 19.4. The zero-order chi connectivity index (χ0) is 29.7. The van der Waals surface area contributed by atoms with Crippen molar-refractivity contribution in [2.45, 2.75) is 6.92 Å². The van der Waals surface area contributed by atoms with Crippen LogP contribution in [0.1, 0.15) is 27.6 Å². The van der Waals surface area contributed by atoms with Crippen molar-refractivity contribution < 1.29 is 50.9 Å². The SMILES string of the molecule is CC(=O)Oc1cc2c(cc1Cl)Nc1ccc(O)c(C(=O)N3CCN(C(=O)c4c(F)c(F)c(F)c(F)c4F)CC3)c1O2. The van der Waals surface area contributed by atoms with E-state index in [4.69, 9.17) is 21.1 Å². The maximum absolute atomic E-state index is 14.1. The fourth-order valence-corrected chi connectivity index (χ4v) is 4.61. The van der Waals surface area contributed by atoms with E-state index in [0.717, 1.165) is 4.90 Å². The second-order valence-corrected chi connectivity index (χ2v) is 9.37. The van der Waals surface area contributed by atoms with Gasteiger partial charge in [-0.05, 0) is 18.2 Å². The highest BCUT2D eigenvalue weighted by atomic mass is 35.5. The minimum absolute atomic E-state index is 0.00854. The third-order valence-corrected chi connectivity index (χ3v) is 6.69. The number of nitrogens with one attached hydrogen (secondary N) is 1. The van der Waals surface area contributed by atoms with Crippen molar-refractivity contribution in [1.82, 2.24) is 9.80 Å². The number of anilines is 2. The van der Waals surface area contributed by atoms with E-state index in [2.05, 4.69) is 5.32 Å². The lowest BCUT2D eigenvalue weighted by Gasteiger charge is -2.35. The van der Waals surface area contributed by atoms with Crippen molar-refractivity contribution in [3.05, 3.63) is 69.5 Å². The first-order valence-corrected chi connectivity index (χ1v) is 12.2. The third kappa shape index (κ3) is 4.84. The molecule has 1 saturated heterocycles. The summed E-state index contributed by atoms with van der Waals surface area (Å²) in [4.78, 5) is 39.6. The maximum atomic E-state index is 14.1.